The number of hydrogen-bond donors (Lipinski definition) is 1. The van der Waals surface area contributed by atoms with Crippen LogP contribution < -0.4 is 0 Å². The number of benzene rings is 2. The Morgan fingerprint density at radius 3 is 2.10 bits per heavy atom. The maximum atomic E-state index is 11.9. The number of rotatable bonds is 3. The van der Waals surface area contributed by atoms with Crippen molar-refractivity contribution in [3.8, 4) is 0 Å². The van der Waals surface area contributed by atoms with E-state index in [1.54, 1.807) is 44.2 Å². The summed E-state index contributed by atoms with van der Waals surface area (Å²) in [5, 5.41) is 11.9. The maximum Gasteiger partial charge on any atom is 0.130 e. The molecule has 0 aliphatic heterocycles. The molecule has 3 atom stereocenters. The minimum atomic E-state index is -1.97. The molecule has 0 unspecified atom stereocenters. The zero-order chi connectivity index (χ0) is 19.7. The van der Waals surface area contributed by atoms with Gasteiger partial charge in [-0.1, -0.05) is 74.4 Å². The molecule has 0 saturated heterocycles. The summed E-state index contributed by atoms with van der Waals surface area (Å²) in [6.07, 6.45) is 0. The molecule has 1 N–H and O–H groups in total. The van der Waals surface area contributed by atoms with Gasteiger partial charge in [0.2, 0.25) is 0 Å². The van der Waals surface area contributed by atoms with Gasteiger partial charge in [0, 0.05) is 11.3 Å². The molecule has 1 fully saturated rings. The van der Waals surface area contributed by atoms with Gasteiger partial charge < -0.3 is 5.11 Å². The van der Waals surface area contributed by atoms with E-state index in [1.165, 1.54) is 0 Å². The molecule has 1 saturated carbocycles. The molecule has 2 aromatic rings. The third kappa shape index (κ3) is 1.81. The van der Waals surface area contributed by atoms with Crippen LogP contribution in [0.1, 0.15) is 31.8 Å². The standard InChI is InChI=1S/C18H18Cl2O/c1-13-16(2,18(13,19)20)17(21,14-9-5-3-6-10-14)15-11-7-4-8-12-15/h3-13,21H,1-2H3/t13-,16+/m1/s1/i3D,5D,6D,9D,10D/t13-,16+,17+. The Kier molecular flexibility index (Phi) is 2.23. The molecule has 0 amide bonds. The highest BCUT2D eigenvalue weighted by atomic mass is 35.5. The smallest absolute Gasteiger partial charge is 0.130 e. The quantitative estimate of drug-likeness (QED) is 0.807. The lowest BCUT2D eigenvalue weighted by molar-refractivity contribution is 0.00156. The Morgan fingerprint density at radius 2 is 1.62 bits per heavy atom. The summed E-state index contributed by atoms with van der Waals surface area (Å²) in [5.74, 6) is -0.374. The van der Waals surface area contributed by atoms with Crippen LogP contribution in [-0.2, 0) is 5.60 Å². The van der Waals surface area contributed by atoms with E-state index in [9.17, 15) is 5.11 Å². The van der Waals surface area contributed by atoms with E-state index in [1.807, 2.05) is 0 Å². The minimum Gasteiger partial charge on any atom is -0.380 e. The Bertz CT molecular complexity index is 860. The van der Waals surface area contributed by atoms with Crippen molar-refractivity contribution in [3.05, 3.63) is 71.7 Å². The third-order valence-electron chi connectivity index (χ3n) is 4.82. The van der Waals surface area contributed by atoms with Gasteiger partial charge in [-0.3, -0.25) is 0 Å². The first-order valence-corrected chi connectivity index (χ1v) is 7.42. The molecule has 1 aliphatic rings. The van der Waals surface area contributed by atoms with Crippen LogP contribution in [0.3, 0.4) is 0 Å². The van der Waals surface area contributed by atoms with Gasteiger partial charge in [0.1, 0.15) is 9.93 Å². The van der Waals surface area contributed by atoms with Crippen LogP contribution in [0.2, 0.25) is 0 Å². The zero-order valence-electron chi connectivity index (χ0n) is 16.7. The lowest BCUT2D eigenvalue weighted by Crippen LogP contribution is -2.40. The van der Waals surface area contributed by atoms with Crippen LogP contribution in [0.15, 0.2) is 60.5 Å². The van der Waals surface area contributed by atoms with Crippen molar-refractivity contribution < 1.29 is 12.0 Å². The Balaban J connectivity index is 2.44. The van der Waals surface area contributed by atoms with Crippen molar-refractivity contribution in [1.82, 2.24) is 0 Å². The average Bonchev–Trinajstić information content (AvgIpc) is 3.03. The molecular formula is C18H18Cl2O. The highest BCUT2D eigenvalue weighted by molar-refractivity contribution is 6.52. The zero-order valence-corrected chi connectivity index (χ0v) is 13.2. The average molecular weight is 326 g/mol. The van der Waals surface area contributed by atoms with E-state index in [2.05, 4.69) is 0 Å². The summed E-state index contributed by atoms with van der Waals surface area (Å²) in [6, 6.07) is 5.98. The highest BCUT2D eigenvalue weighted by Crippen LogP contribution is 2.76. The van der Waals surface area contributed by atoms with E-state index in [0.29, 0.717) is 5.56 Å². The first-order valence-electron chi connectivity index (χ1n) is 9.17. The molecule has 3 rings (SSSR count). The fraction of sp³-hybridized carbons (Fsp3) is 0.333. The highest BCUT2D eigenvalue weighted by Gasteiger charge is 2.79. The van der Waals surface area contributed by atoms with Gasteiger partial charge in [-0.15, -0.1) is 23.2 Å². The fourth-order valence-corrected chi connectivity index (χ4v) is 4.03. The first-order chi connectivity index (χ1) is 11.9. The van der Waals surface area contributed by atoms with Gasteiger partial charge in [-0.05, 0) is 11.1 Å². The number of hydrogen-bond acceptors (Lipinski definition) is 1. The Hall–Kier alpha value is -1.02. The second kappa shape index (κ2) is 4.74. The lowest BCUT2D eigenvalue weighted by atomic mass is 9.73. The predicted molar refractivity (Wildman–Crippen MR) is 87.6 cm³/mol. The lowest BCUT2D eigenvalue weighted by Gasteiger charge is -2.37. The first kappa shape index (κ1) is 9.89. The Labute approximate surface area is 142 Å². The van der Waals surface area contributed by atoms with Gasteiger partial charge in [0.05, 0.1) is 6.85 Å². The normalized spacial score (nSPS) is 33.0. The summed E-state index contributed by atoms with van der Waals surface area (Å²) in [5.41, 5.74) is -2.97. The molecule has 0 heterocycles. The van der Waals surface area contributed by atoms with E-state index in [4.69, 9.17) is 30.1 Å². The number of alkyl halides is 2. The van der Waals surface area contributed by atoms with Gasteiger partial charge in [-0.2, -0.15) is 0 Å². The minimum absolute atomic E-state index is 0.216. The molecule has 2 aromatic carbocycles. The van der Waals surface area contributed by atoms with Crippen molar-refractivity contribution in [2.45, 2.75) is 23.8 Å². The third-order valence-corrected chi connectivity index (χ3v) is 6.26. The van der Waals surface area contributed by atoms with Crippen molar-refractivity contribution in [2.75, 3.05) is 0 Å². The van der Waals surface area contributed by atoms with Gasteiger partial charge in [-0.25, -0.2) is 0 Å². The summed E-state index contributed by atoms with van der Waals surface area (Å²) < 4.78 is 39.1. The maximum absolute atomic E-state index is 11.9. The van der Waals surface area contributed by atoms with Gasteiger partial charge >= 0.3 is 0 Å². The van der Waals surface area contributed by atoms with E-state index < -0.39 is 45.6 Å². The van der Waals surface area contributed by atoms with Crippen LogP contribution in [0, 0.1) is 11.3 Å². The van der Waals surface area contributed by atoms with Crippen molar-refractivity contribution in [3.63, 3.8) is 0 Å². The monoisotopic (exact) mass is 325 g/mol. The molecule has 3 heteroatoms. The van der Waals surface area contributed by atoms with Crippen LogP contribution in [0.5, 0.6) is 0 Å². The van der Waals surface area contributed by atoms with Crippen molar-refractivity contribution in [2.24, 2.45) is 11.3 Å². The van der Waals surface area contributed by atoms with E-state index >= 15 is 0 Å². The molecule has 0 bridgehead atoms. The van der Waals surface area contributed by atoms with Crippen LogP contribution in [0.25, 0.3) is 0 Å². The van der Waals surface area contributed by atoms with E-state index in [-0.39, 0.29) is 11.5 Å². The molecule has 1 aliphatic carbocycles. The van der Waals surface area contributed by atoms with Crippen molar-refractivity contribution >= 4 is 23.2 Å². The molecule has 1 nitrogen and oxygen atoms in total. The molecule has 21 heavy (non-hydrogen) atoms. The summed E-state index contributed by atoms with van der Waals surface area (Å²) in [4.78, 5) is 0. The van der Waals surface area contributed by atoms with Crippen molar-refractivity contribution in [1.29, 1.82) is 0 Å². The van der Waals surface area contributed by atoms with Crippen LogP contribution in [-0.4, -0.2) is 9.44 Å². The molecule has 0 radical (unpaired) electrons. The second-order valence-corrected chi connectivity index (χ2v) is 7.01. The topological polar surface area (TPSA) is 20.2 Å². The Morgan fingerprint density at radius 1 is 1.10 bits per heavy atom. The molecule has 110 valence electrons. The predicted octanol–water partition coefficient (Wildman–Crippen LogP) is 4.75. The summed E-state index contributed by atoms with van der Waals surface area (Å²) >= 11 is 12.9. The number of halogens is 2. The molecule has 0 aromatic heterocycles. The van der Waals surface area contributed by atoms with Crippen LogP contribution >= 0.6 is 23.2 Å². The molecule has 0 spiro atoms. The van der Waals surface area contributed by atoms with Gasteiger partial charge in [0.25, 0.3) is 0 Å². The van der Waals surface area contributed by atoms with E-state index in [0.717, 1.165) is 0 Å². The summed E-state index contributed by atoms with van der Waals surface area (Å²) in [6.45, 7) is 3.44. The second-order valence-electron chi connectivity index (χ2n) is 5.62. The SMILES string of the molecule is [2H]c1c([2H])c([2H])c([C@](O)(c2ccccc2)[C@]2(C)[C@@H](C)C2(Cl)Cl)c([2H])c1[2H]. The number of aliphatic hydroxyl groups is 1. The largest absolute Gasteiger partial charge is 0.380 e. The fourth-order valence-electron chi connectivity index (χ4n) is 3.10. The molecular weight excluding hydrogens is 303 g/mol. The van der Waals surface area contributed by atoms with Crippen LogP contribution in [0.4, 0.5) is 0 Å². The van der Waals surface area contributed by atoms with Gasteiger partial charge in [0.15, 0.2) is 0 Å². The summed E-state index contributed by atoms with van der Waals surface area (Å²) in [7, 11) is 0.